The number of fused-ring (bicyclic) bond motifs is 1. The van der Waals surface area contributed by atoms with Crippen molar-refractivity contribution in [2.24, 2.45) is 0 Å². The van der Waals surface area contributed by atoms with Gasteiger partial charge in [0.1, 0.15) is 0 Å². The van der Waals surface area contributed by atoms with Crippen LogP contribution in [0.1, 0.15) is 25.5 Å². The van der Waals surface area contributed by atoms with Gasteiger partial charge in [-0.15, -0.1) is 0 Å². The van der Waals surface area contributed by atoms with Crippen LogP contribution in [0.5, 0.6) is 0 Å². The minimum atomic E-state index is -0.829. The van der Waals surface area contributed by atoms with E-state index in [4.69, 9.17) is 11.6 Å². The van der Waals surface area contributed by atoms with Crippen LogP contribution in [0.3, 0.4) is 0 Å². The molecular formula is C18H19ClFN3O. The maximum absolute atomic E-state index is 13.0. The molecule has 1 aromatic carbocycles. The number of nitrogens with zero attached hydrogens (tertiary/aromatic N) is 3. The quantitative estimate of drug-likeness (QED) is 0.691. The highest BCUT2D eigenvalue weighted by atomic mass is 35.5. The van der Waals surface area contributed by atoms with E-state index in [-0.39, 0.29) is 5.56 Å². The van der Waals surface area contributed by atoms with E-state index in [1.165, 1.54) is 4.40 Å². The zero-order valence-corrected chi connectivity index (χ0v) is 14.4. The van der Waals surface area contributed by atoms with Gasteiger partial charge in [-0.05, 0) is 38.8 Å². The molecule has 0 saturated heterocycles. The third-order valence-electron chi connectivity index (χ3n) is 4.05. The second kappa shape index (κ2) is 6.77. The molecule has 24 heavy (non-hydrogen) atoms. The minimum absolute atomic E-state index is 0.120. The molecular weight excluding hydrogens is 329 g/mol. The summed E-state index contributed by atoms with van der Waals surface area (Å²) in [5.41, 5.74) is 2.31. The standard InChI is InChI=1S/C18H19ClFN3O/c1-12(20)4-3-9-22-13(2)10-17(24)23-11-16(21-18(22)23)14-5-7-15(19)8-6-14/h5-8,10-12H,3-4,9H2,1-2H3. The van der Waals surface area contributed by atoms with Gasteiger partial charge in [-0.3, -0.25) is 9.20 Å². The van der Waals surface area contributed by atoms with Gasteiger partial charge in [-0.1, -0.05) is 23.7 Å². The smallest absolute Gasteiger partial charge is 0.259 e. The predicted octanol–water partition coefficient (Wildman–Crippen LogP) is 4.26. The zero-order chi connectivity index (χ0) is 17.3. The van der Waals surface area contributed by atoms with Gasteiger partial charge < -0.3 is 4.57 Å². The average molecular weight is 348 g/mol. The lowest BCUT2D eigenvalue weighted by molar-refractivity contribution is 0.327. The van der Waals surface area contributed by atoms with E-state index in [0.717, 1.165) is 11.3 Å². The molecule has 2 aromatic heterocycles. The molecule has 0 aliphatic heterocycles. The Labute approximate surface area is 144 Å². The molecule has 1 atom stereocenters. The number of rotatable bonds is 5. The summed E-state index contributed by atoms with van der Waals surface area (Å²) in [7, 11) is 0. The number of aromatic nitrogens is 3. The first-order chi connectivity index (χ1) is 11.5. The van der Waals surface area contributed by atoms with E-state index in [1.807, 2.05) is 23.6 Å². The first-order valence-corrected chi connectivity index (χ1v) is 8.33. The molecule has 126 valence electrons. The lowest BCUT2D eigenvalue weighted by atomic mass is 10.2. The summed E-state index contributed by atoms with van der Waals surface area (Å²) in [5, 5.41) is 0.651. The Balaban J connectivity index is 2.05. The van der Waals surface area contributed by atoms with Gasteiger partial charge in [0, 0.05) is 35.1 Å². The fourth-order valence-corrected chi connectivity index (χ4v) is 2.90. The van der Waals surface area contributed by atoms with Crippen molar-refractivity contribution in [3.63, 3.8) is 0 Å². The number of hydrogen-bond acceptors (Lipinski definition) is 2. The lowest BCUT2D eigenvalue weighted by Gasteiger charge is -2.12. The monoisotopic (exact) mass is 347 g/mol. The van der Waals surface area contributed by atoms with Crippen LogP contribution in [0, 0.1) is 6.92 Å². The van der Waals surface area contributed by atoms with E-state index in [2.05, 4.69) is 4.98 Å². The number of imidazole rings is 1. The molecule has 3 rings (SSSR count). The molecule has 3 aromatic rings. The summed E-state index contributed by atoms with van der Waals surface area (Å²) >= 11 is 5.92. The molecule has 2 heterocycles. The van der Waals surface area contributed by atoms with E-state index in [0.29, 0.717) is 35.9 Å². The van der Waals surface area contributed by atoms with Gasteiger partial charge in [0.25, 0.3) is 5.56 Å². The number of halogens is 2. The van der Waals surface area contributed by atoms with Crippen LogP contribution < -0.4 is 5.56 Å². The molecule has 0 radical (unpaired) electrons. The first kappa shape index (κ1) is 16.7. The number of aryl methyl sites for hydroxylation is 2. The molecule has 0 aliphatic rings. The topological polar surface area (TPSA) is 39.3 Å². The Morgan fingerprint density at radius 3 is 2.67 bits per heavy atom. The Morgan fingerprint density at radius 1 is 1.29 bits per heavy atom. The van der Waals surface area contributed by atoms with Crippen LogP contribution in [-0.2, 0) is 6.54 Å². The molecule has 0 saturated carbocycles. The maximum atomic E-state index is 13.0. The average Bonchev–Trinajstić information content (AvgIpc) is 2.96. The lowest BCUT2D eigenvalue weighted by Crippen LogP contribution is -2.19. The Kier molecular flexibility index (Phi) is 4.71. The second-order valence-corrected chi connectivity index (χ2v) is 6.44. The van der Waals surface area contributed by atoms with Gasteiger partial charge >= 0.3 is 0 Å². The van der Waals surface area contributed by atoms with Crippen molar-refractivity contribution < 1.29 is 4.39 Å². The summed E-state index contributed by atoms with van der Waals surface area (Å²) in [5.74, 6) is 0.580. The van der Waals surface area contributed by atoms with Crippen molar-refractivity contribution in [3.05, 3.63) is 57.6 Å². The normalized spacial score (nSPS) is 12.7. The molecule has 0 spiro atoms. The van der Waals surface area contributed by atoms with Gasteiger partial charge in [0.05, 0.1) is 11.9 Å². The molecule has 6 heteroatoms. The molecule has 0 amide bonds. The van der Waals surface area contributed by atoms with Gasteiger partial charge in [-0.2, -0.15) is 0 Å². The van der Waals surface area contributed by atoms with Crippen LogP contribution in [0.4, 0.5) is 4.39 Å². The number of hydrogen-bond donors (Lipinski definition) is 0. The van der Waals surface area contributed by atoms with Gasteiger partial charge in [0.15, 0.2) is 0 Å². The molecule has 4 nitrogen and oxygen atoms in total. The highest BCUT2D eigenvalue weighted by molar-refractivity contribution is 6.30. The Hall–Kier alpha value is -2.14. The third-order valence-corrected chi connectivity index (χ3v) is 4.30. The van der Waals surface area contributed by atoms with E-state index < -0.39 is 6.17 Å². The molecule has 1 unspecified atom stereocenters. The summed E-state index contributed by atoms with van der Waals surface area (Å²) in [6.07, 6.45) is 2.09. The first-order valence-electron chi connectivity index (χ1n) is 7.95. The second-order valence-electron chi connectivity index (χ2n) is 6.00. The number of alkyl halides is 1. The van der Waals surface area contributed by atoms with Crippen molar-refractivity contribution >= 4 is 17.4 Å². The largest absolute Gasteiger partial charge is 0.315 e. The highest BCUT2D eigenvalue weighted by Gasteiger charge is 2.12. The van der Waals surface area contributed by atoms with Crippen molar-refractivity contribution in [2.45, 2.75) is 39.4 Å². The van der Waals surface area contributed by atoms with Crippen LogP contribution >= 0.6 is 11.6 Å². The summed E-state index contributed by atoms with van der Waals surface area (Å²) < 4.78 is 16.5. The third kappa shape index (κ3) is 3.36. The summed E-state index contributed by atoms with van der Waals surface area (Å²) in [6, 6.07) is 8.91. The van der Waals surface area contributed by atoms with Crippen molar-refractivity contribution in [3.8, 4) is 11.3 Å². The Bertz CT molecular complexity index is 912. The maximum Gasteiger partial charge on any atom is 0.259 e. The fraction of sp³-hybridized carbons (Fsp3) is 0.333. The van der Waals surface area contributed by atoms with Crippen LogP contribution in [0.2, 0.25) is 5.02 Å². The molecule has 0 N–H and O–H groups in total. The molecule has 0 aliphatic carbocycles. The highest BCUT2D eigenvalue weighted by Crippen LogP contribution is 2.21. The van der Waals surface area contributed by atoms with E-state index in [9.17, 15) is 9.18 Å². The number of benzene rings is 1. The zero-order valence-electron chi connectivity index (χ0n) is 13.7. The van der Waals surface area contributed by atoms with Crippen LogP contribution in [0.25, 0.3) is 17.0 Å². The van der Waals surface area contributed by atoms with E-state index >= 15 is 0 Å². The minimum Gasteiger partial charge on any atom is -0.315 e. The van der Waals surface area contributed by atoms with Crippen LogP contribution in [-0.4, -0.2) is 20.1 Å². The van der Waals surface area contributed by atoms with Crippen LogP contribution in [0.15, 0.2) is 41.3 Å². The summed E-state index contributed by atoms with van der Waals surface area (Å²) in [6.45, 7) is 4.06. The Morgan fingerprint density at radius 2 is 2.00 bits per heavy atom. The van der Waals surface area contributed by atoms with Gasteiger partial charge in [-0.25, -0.2) is 9.37 Å². The van der Waals surface area contributed by atoms with Gasteiger partial charge in [0.2, 0.25) is 5.78 Å². The molecule has 0 bridgehead atoms. The SMILES string of the molecule is Cc1cc(=O)n2cc(-c3ccc(Cl)cc3)nc2n1CCCC(C)F. The molecule has 0 fully saturated rings. The van der Waals surface area contributed by atoms with Crippen molar-refractivity contribution in [1.82, 2.24) is 14.0 Å². The fourth-order valence-electron chi connectivity index (χ4n) is 2.77. The summed E-state index contributed by atoms with van der Waals surface area (Å²) in [4.78, 5) is 16.9. The van der Waals surface area contributed by atoms with E-state index in [1.54, 1.807) is 31.3 Å². The van der Waals surface area contributed by atoms with Crippen molar-refractivity contribution in [1.29, 1.82) is 0 Å². The van der Waals surface area contributed by atoms with Crippen molar-refractivity contribution in [2.75, 3.05) is 0 Å². The predicted molar refractivity (Wildman–Crippen MR) is 94.4 cm³/mol.